The van der Waals surface area contributed by atoms with Gasteiger partial charge in [-0.15, -0.1) is 0 Å². The van der Waals surface area contributed by atoms with E-state index in [1.165, 1.54) is 18.3 Å². The van der Waals surface area contributed by atoms with Crippen molar-refractivity contribution in [1.29, 1.82) is 0 Å². The average molecular weight is 235 g/mol. The molecule has 2 aromatic heterocycles. The van der Waals surface area contributed by atoms with Gasteiger partial charge in [0.2, 0.25) is 0 Å². The predicted molar refractivity (Wildman–Crippen MR) is 61.2 cm³/mol. The van der Waals surface area contributed by atoms with Crippen molar-refractivity contribution in [3.8, 4) is 5.75 Å². The van der Waals surface area contributed by atoms with Crippen molar-refractivity contribution in [2.24, 2.45) is 5.73 Å². The number of rotatable bonds is 3. The number of imidazole rings is 1. The summed E-state index contributed by atoms with van der Waals surface area (Å²) in [4.78, 5) is 15.1. The van der Waals surface area contributed by atoms with E-state index in [2.05, 4.69) is 4.98 Å². The van der Waals surface area contributed by atoms with Crippen LogP contribution < -0.4 is 5.73 Å². The first-order chi connectivity index (χ1) is 7.99. The second-order valence-electron chi connectivity index (χ2n) is 4.01. The highest BCUT2D eigenvalue weighted by atomic mass is 16.4. The highest BCUT2D eigenvalue weighted by Gasteiger charge is 2.17. The second kappa shape index (κ2) is 4.06. The molecule has 6 nitrogen and oxygen atoms in total. The molecule has 0 amide bonds. The van der Waals surface area contributed by atoms with Crippen LogP contribution in [-0.4, -0.2) is 31.6 Å². The number of carboxylic acids is 1. The number of aromatic carboxylic acids is 1. The maximum absolute atomic E-state index is 11.0. The lowest BCUT2D eigenvalue weighted by Crippen LogP contribution is -2.19. The van der Waals surface area contributed by atoms with Crippen molar-refractivity contribution in [3.05, 3.63) is 29.8 Å². The van der Waals surface area contributed by atoms with Crippen molar-refractivity contribution in [1.82, 2.24) is 9.38 Å². The zero-order chi connectivity index (χ0) is 12.6. The third kappa shape index (κ3) is 2.07. The van der Waals surface area contributed by atoms with Crippen LogP contribution in [-0.2, 0) is 6.42 Å². The van der Waals surface area contributed by atoms with E-state index in [4.69, 9.17) is 10.8 Å². The fraction of sp³-hybridized carbons (Fsp3) is 0.273. The molecule has 0 bridgehead atoms. The summed E-state index contributed by atoms with van der Waals surface area (Å²) < 4.78 is 1.56. The van der Waals surface area contributed by atoms with E-state index in [-0.39, 0.29) is 17.5 Å². The lowest BCUT2D eigenvalue weighted by molar-refractivity contribution is 0.0693. The summed E-state index contributed by atoms with van der Waals surface area (Å²) in [5, 5.41) is 18.4. The van der Waals surface area contributed by atoms with Gasteiger partial charge >= 0.3 is 5.97 Å². The number of nitrogens with two attached hydrogens (primary N) is 1. The number of aromatic nitrogens is 2. The minimum Gasteiger partial charge on any atom is -0.506 e. The Kier molecular flexibility index (Phi) is 2.72. The number of hydrogen-bond donors (Lipinski definition) is 3. The Hall–Kier alpha value is -2.08. The molecule has 0 aliphatic heterocycles. The Morgan fingerprint density at radius 1 is 1.59 bits per heavy atom. The van der Waals surface area contributed by atoms with Crippen molar-refractivity contribution >= 4 is 11.5 Å². The SMILES string of the molecule is CC(N)Cc1nc(C(=O)O)c2ccc(O)cn12. The molecule has 0 fully saturated rings. The number of hydrogen-bond acceptors (Lipinski definition) is 4. The number of aromatic hydroxyl groups is 1. The van der Waals surface area contributed by atoms with E-state index < -0.39 is 5.97 Å². The second-order valence-corrected chi connectivity index (χ2v) is 4.01. The Balaban J connectivity index is 2.66. The first kappa shape index (κ1) is 11.4. The lowest BCUT2D eigenvalue weighted by Gasteiger charge is -2.04. The number of carboxylic acid groups (broad SMARTS) is 1. The molecule has 90 valence electrons. The molecule has 1 unspecified atom stereocenters. The molecule has 2 rings (SSSR count). The van der Waals surface area contributed by atoms with Crippen LogP contribution in [0.4, 0.5) is 0 Å². The number of nitrogens with zero attached hydrogens (tertiary/aromatic N) is 2. The minimum atomic E-state index is -1.09. The zero-order valence-corrected chi connectivity index (χ0v) is 9.29. The summed E-state index contributed by atoms with van der Waals surface area (Å²) in [6.45, 7) is 1.81. The molecule has 0 saturated heterocycles. The van der Waals surface area contributed by atoms with E-state index >= 15 is 0 Å². The van der Waals surface area contributed by atoms with Crippen LogP contribution in [0.2, 0.25) is 0 Å². The van der Waals surface area contributed by atoms with Crippen LogP contribution in [0.25, 0.3) is 5.52 Å². The standard InChI is InChI=1S/C11H13N3O3/c1-6(12)4-9-13-10(11(16)17)8-3-2-7(15)5-14(8)9/h2-3,5-6,15H,4,12H2,1H3,(H,16,17). The van der Waals surface area contributed by atoms with Crippen molar-refractivity contribution in [2.75, 3.05) is 0 Å². The van der Waals surface area contributed by atoms with Gasteiger partial charge in [0, 0.05) is 12.5 Å². The summed E-state index contributed by atoms with van der Waals surface area (Å²) in [5.74, 6) is -0.509. The minimum absolute atomic E-state index is 0.0272. The average Bonchev–Trinajstić information content (AvgIpc) is 2.56. The summed E-state index contributed by atoms with van der Waals surface area (Å²) in [5.41, 5.74) is 6.10. The molecule has 0 aromatic carbocycles. The van der Waals surface area contributed by atoms with Crippen molar-refractivity contribution in [2.45, 2.75) is 19.4 Å². The van der Waals surface area contributed by atoms with Gasteiger partial charge in [0.05, 0.1) is 11.7 Å². The van der Waals surface area contributed by atoms with Gasteiger partial charge in [-0.3, -0.25) is 4.40 Å². The van der Waals surface area contributed by atoms with Gasteiger partial charge in [0.15, 0.2) is 5.69 Å². The summed E-state index contributed by atoms with van der Waals surface area (Å²) in [6.07, 6.45) is 1.88. The van der Waals surface area contributed by atoms with E-state index in [0.29, 0.717) is 17.8 Å². The smallest absolute Gasteiger partial charge is 0.356 e. The predicted octanol–water partition coefficient (Wildman–Crippen LogP) is 0.628. The molecule has 6 heteroatoms. The number of carbonyl (C=O) groups is 1. The van der Waals surface area contributed by atoms with E-state index in [1.807, 2.05) is 6.92 Å². The molecule has 1 atom stereocenters. The van der Waals surface area contributed by atoms with Crippen molar-refractivity contribution < 1.29 is 15.0 Å². The molecule has 0 saturated carbocycles. The molecule has 2 heterocycles. The molecule has 2 aromatic rings. The maximum Gasteiger partial charge on any atom is 0.356 e. The van der Waals surface area contributed by atoms with Gasteiger partial charge in [-0.25, -0.2) is 9.78 Å². The van der Waals surface area contributed by atoms with Gasteiger partial charge < -0.3 is 15.9 Å². The number of fused-ring (bicyclic) bond motifs is 1. The Morgan fingerprint density at radius 2 is 2.29 bits per heavy atom. The fourth-order valence-electron chi connectivity index (χ4n) is 1.73. The highest BCUT2D eigenvalue weighted by molar-refractivity contribution is 5.93. The van der Waals surface area contributed by atoms with Crippen LogP contribution in [0.3, 0.4) is 0 Å². The van der Waals surface area contributed by atoms with E-state index in [9.17, 15) is 9.90 Å². The monoisotopic (exact) mass is 235 g/mol. The van der Waals surface area contributed by atoms with Crippen LogP contribution in [0.15, 0.2) is 18.3 Å². The van der Waals surface area contributed by atoms with E-state index in [1.54, 1.807) is 4.40 Å². The van der Waals surface area contributed by atoms with Crippen LogP contribution >= 0.6 is 0 Å². The molecule has 0 aliphatic rings. The molecular weight excluding hydrogens is 222 g/mol. The van der Waals surface area contributed by atoms with Crippen LogP contribution in [0, 0.1) is 0 Å². The Labute approximate surface area is 97.3 Å². The Bertz CT molecular complexity index is 575. The molecule has 0 aliphatic carbocycles. The van der Waals surface area contributed by atoms with Gasteiger partial charge in [0.1, 0.15) is 11.6 Å². The first-order valence-corrected chi connectivity index (χ1v) is 5.18. The molecule has 0 radical (unpaired) electrons. The maximum atomic E-state index is 11.0. The van der Waals surface area contributed by atoms with Crippen LogP contribution in [0.1, 0.15) is 23.2 Å². The van der Waals surface area contributed by atoms with Crippen LogP contribution in [0.5, 0.6) is 5.75 Å². The molecule has 0 spiro atoms. The third-order valence-corrected chi connectivity index (χ3v) is 2.40. The van der Waals surface area contributed by atoms with Gasteiger partial charge in [-0.2, -0.15) is 0 Å². The third-order valence-electron chi connectivity index (χ3n) is 2.40. The largest absolute Gasteiger partial charge is 0.506 e. The first-order valence-electron chi connectivity index (χ1n) is 5.18. The molecule has 17 heavy (non-hydrogen) atoms. The normalized spacial score (nSPS) is 12.8. The van der Waals surface area contributed by atoms with Gasteiger partial charge in [-0.1, -0.05) is 0 Å². The number of pyridine rings is 1. The van der Waals surface area contributed by atoms with E-state index in [0.717, 1.165) is 0 Å². The summed E-state index contributed by atoms with van der Waals surface area (Å²) >= 11 is 0. The topological polar surface area (TPSA) is 101 Å². The quantitative estimate of drug-likeness (QED) is 0.724. The summed E-state index contributed by atoms with van der Waals surface area (Å²) in [6, 6.07) is 2.82. The molecule has 4 N–H and O–H groups in total. The molecular formula is C11H13N3O3. The fourth-order valence-corrected chi connectivity index (χ4v) is 1.73. The highest BCUT2D eigenvalue weighted by Crippen LogP contribution is 2.18. The summed E-state index contributed by atoms with van der Waals surface area (Å²) in [7, 11) is 0. The zero-order valence-electron chi connectivity index (χ0n) is 9.29. The van der Waals surface area contributed by atoms with Gasteiger partial charge in [-0.05, 0) is 19.1 Å². The van der Waals surface area contributed by atoms with Crippen molar-refractivity contribution in [3.63, 3.8) is 0 Å². The Morgan fingerprint density at radius 3 is 2.88 bits per heavy atom. The van der Waals surface area contributed by atoms with Gasteiger partial charge in [0.25, 0.3) is 0 Å². The lowest BCUT2D eigenvalue weighted by atomic mass is 10.2.